The molecule has 5 atom stereocenters. The number of allylic oxidation sites excluding steroid dienone is 2. The minimum absolute atomic E-state index is 0.164. The number of benzene rings is 1. The summed E-state index contributed by atoms with van der Waals surface area (Å²) in [5, 5.41) is 10.8. The smallest absolute Gasteiger partial charge is 0.383 e. The molecule has 0 spiro atoms. The second kappa shape index (κ2) is 15.6. The average molecular weight is 585 g/mol. The first-order valence-electron chi connectivity index (χ1n) is 15.2. The van der Waals surface area contributed by atoms with E-state index in [1.807, 2.05) is 0 Å². The Kier molecular flexibility index (Phi) is 12.0. The van der Waals surface area contributed by atoms with Gasteiger partial charge in [0.2, 0.25) is 0 Å². The van der Waals surface area contributed by atoms with Gasteiger partial charge in [0, 0.05) is 38.7 Å². The molecule has 1 saturated carbocycles. The van der Waals surface area contributed by atoms with Gasteiger partial charge in [0.15, 0.2) is 12.6 Å². The van der Waals surface area contributed by atoms with E-state index in [-0.39, 0.29) is 23.4 Å². The molecule has 1 aliphatic carbocycles. The van der Waals surface area contributed by atoms with Gasteiger partial charge >= 0.3 is 11.8 Å². The standard InChI is InChI=1S/C33H44O9/c1-3-4-14-25-20-21-28(34)27(25)17-8-11-22-32(41-29-18-9-12-23-38-29,42-30-19-10-13-24-39-30)33(37-2,31(35)36)40-26-15-6-5-7-16-26/h4-8,14-16,22,25,27,29-30H,3,9-10,12-13,17-21,23-24H2,1-2H3,(H,35,36)/b14-4+/t11?,25-,27+,29?,30?,32?,33?/m0/s1/i41+0,42+0. The van der Waals surface area contributed by atoms with Crippen LogP contribution in [-0.2, 0) is 33.3 Å². The lowest BCUT2D eigenvalue weighted by atomic mass is 9.91. The molecule has 9 nitrogen and oxygen atoms in total. The van der Waals surface area contributed by atoms with Crippen molar-refractivity contribution >= 4 is 11.8 Å². The van der Waals surface area contributed by atoms with Crippen molar-refractivity contribution in [2.45, 2.75) is 95.3 Å². The van der Waals surface area contributed by atoms with E-state index in [1.54, 1.807) is 36.4 Å². The van der Waals surface area contributed by atoms with Crippen molar-refractivity contribution < 1.29 is 43.1 Å². The van der Waals surface area contributed by atoms with Crippen LogP contribution in [0.2, 0.25) is 0 Å². The first-order chi connectivity index (χ1) is 20.4. The fourth-order valence-electron chi connectivity index (χ4n) is 5.68. The summed E-state index contributed by atoms with van der Waals surface area (Å²) in [5.74, 6) is -5.69. The lowest BCUT2D eigenvalue weighted by Gasteiger charge is -2.46. The Morgan fingerprint density at radius 2 is 1.71 bits per heavy atom. The van der Waals surface area contributed by atoms with Crippen LogP contribution in [0.5, 0.6) is 5.75 Å². The van der Waals surface area contributed by atoms with E-state index < -0.39 is 30.1 Å². The van der Waals surface area contributed by atoms with Crippen molar-refractivity contribution in [1.82, 2.24) is 0 Å². The van der Waals surface area contributed by atoms with Crippen molar-refractivity contribution in [2.24, 2.45) is 11.8 Å². The second-order valence-electron chi connectivity index (χ2n) is 10.9. The van der Waals surface area contributed by atoms with Crippen molar-refractivity contribution in [2.75, 3.05) is 20.3 Å². The molecule has 1 aromatic rings. The number of hydrogen-bond acceptors (Lipinski definition) is 8. The van der Waals surface area contributed by atoms with Gasteiger partial charge in [0.1, 0.15) is 11.5 Å². The summed E-state index contributed by atoms with van der Waals surface area (Å²) in [6, 6.07) is 8.51. The summed E-state index contributed by atoms with van der Waals surface area (Å²) in [4.78, 5) is 25.9. The van der Waals surface area contributed by atoms with E-state index in [4.69, 9.17) is 28.4 Å². The minimum atomic E-state index is -2.51. The Morgan fingerprint density at radius 3 is 2.26 bits per heavy atom. The fraction of sp³-hybridized carbons (Fsp3) is 0.606. The van der Waals surface area contributed by atoms with Gasteiger partial charge in [-0.15, -0.1) is 5.73 Å². The number of rotatable bonds is 14. The highest BCUT2D eigenvalue weighted by Crippen LogP contribution is 2.40. The number of carboxylic acid groups (broad SMARTS) is 1. The number of carbonyl (C=O) groups excluding carboxylic acids is 1. The van der Waals surface area contributed by atoms with E-state index >= 15 is 0 Å². The maximum absolute atomic E-state index is 13.2. The van der Waals surface area contributed by atoms with Crippen LogP contribution < -0.4 is 4.74 Å². The van der Waals surface area contributed by atoms with Crippen LogP contribution >= 0.6 is 0 Å². The van der Waals surface area contributed by atoms with Gasteiger partial charge in [0.05, 0.1) is 0 Å². The van der Waals surface area contributed by atoms with Crippen molar-refractivity contribution in [3.8, 4) is 5.75 Å². The molecule has 3 unspecified atom stereocenters. The lowest BCUT2D eigenvalue weighted by molar-refractivity contribution is -0.414. The Morgan fingerprint density at radius 1 is 1.05 bits per heavy atom. The molecule has 2 saturated heterocycles. The average Bonchev–Trinajstić information content (AvgIpc) is 3.36. The highest BCUT2D eigenvalue weighted by atomic mass is 16.9. The third kappa shape index (κ3) is 7.78. The van der Waals surface area contributed by atoms with Crippen LogP contribution in [0.4, 0.5) is 0 Å². The van der Waals surface area contributed by atoms with Crippen molar-refractivity contribution in [1.29, 1.82) is 0 Å². The molecule has 3 aliphatic rings. The van der Waals surface area contributed by atoms with Crippen LogP contribution in [0.25, 0.3) is 0 Å². The van der Waals surface area contributed by atoms with Crippen LogP contribution in [0.15, 0.2) is 60.4 Å². The Bertz CT molecular complexity index is 1080. The summed E-state index contributed by atoms with van der Waals surface area (Å²) < 4.78 is 36.6. The maximum atomic E-state index is 13.2. The molecular formula is C33H44O9. The largest absolute Gasteiger partial charge is 0.476 e. The molecule has 9 heteroatoms. The topological polar surface area (TPSA) is 110 Å². The Balaban J connectivity index is 1.77. The second-order valence-corrected chi connectivity index (χ2v) is 10.9. The normalized spacial score (nSPS) is 27.5. The highest BCUT2D eigenvalue weighted by Gasteiger charge is 2.65. The monoisotopic (exact) mass is 584 g/mol. The number of para-hydroxylation sites is 1. The van der Waals surface area contributed by atoms with Crippen LogP contribution in [0.1, 0.15) is 71.1 Å². The number of carboxylic acids is 1. The third-order valence-electron chi connectivity index (χ3n) is 7.96. The first-order valence-corrected chi connectivity index (χ1v) is 15.2. The number of aliphatic carboxylic acids is 1. The van der Waals surface area contributed by atoms with Crippen molar-refractivity contribution in [3.05, 3.63) is 60.4 Å². The SMILES string of the molecule is CC/C=C/[C@H]1CCC(=O)[C@@H]1CC=C=CC([16O]C1CCCCO1)([16O]C1CCCCO1)C(OC)(Oc1ccccc1)C(=O)O. The highest BCUT2D eigenvalue weighted by molar-refractivity contribution is 5.84. The summed E-state index contributed by atoms with van der Waals surface area (Å²) in [7, 11) is 1.24. The van der Waals surface area contributed by atoms with E-state index in [1.165, 1.54) is 13.2 Å². The number of carbonyl (C=O) groups is 2. The molecule has 0 amide bonds. The van der Waals surface area contributed by atoms with E-state index in [9.17, 15) is 14.7 Å². The summed E-state index contributed by atoms with van der Waals surface area (Å²) in [6.45, 7) is 2.99. The lowest BCUT2D eigenvalue weighted by Crippen LogP contribution is -2.68. The Hall–Kier alpha value is -2.78. The third-order valence-corrected chi connectivity index (χ3v) is 7.96. The van der Waals surface area contributed by atoms with Gasteiger partial charge in [-0.05, 0) is 81.9 Å². The zero-order chi connectivity index (χ0) is 29.8. The van der Waals surface area contributed by atoms with Gasteiger partial charge in [-0.3, -0.25) is 4.79 Å². The Labute approximate surface area is 248 Å². The molecule has 1 aromatic carbocycles. The van der Waals surface area contributed by atoms with Crippen LogP contribution in [0, 0.1) is 11.8 Å². The van der Waals surface area contributed by atoms with Gasteiger partial charge in [-0.25, -0.2) is 4.79 Å². The number of Topliss-reactive ketones (excluding diaryl/α,β-unsaturated/α-hetero) is 1. The molecule has 1 N–H and O–H groups in total. The molecule has 4 rings (SSSR count). The maximum Gasteiger partial charge on any atom is 0.383 e. The quantitative estimate of drug-likeness (QED) is 0.161. The van der Waals surface area contributed by atoms with Crippen LogP contribution in [0.3, 0.4) is 0 Å². The molecule has 0 bridgehead atoms. The molecular weight excluding hydrogens is 540 g/mol. The number of ketones is 1. The van der Waals surface area contributed by atoms with Gasteiger partial charge in [-0.2, -0.15) is 0 Å². The summed E-state index contributed by atoms with van der Waals surface area (Å²) in [5.41, 5.74) is 3.10. The first kappa shape index (κ1) is 32.1. The van der Waals surface area contributed by atoms with Gasteiger partial charge in [0.25, 0.3) is 5.79 Å². The predicted octanol–water partition coefficient (Wildman–Crippen LogP) is 5.94. The molecule has 0 aromatic heterocycles. The van der Waals surface area contributed by atoms with Gasteiger partial charge < -0.3 is 33.5 Å². The number of methoxy groups -OCH3 is 1. The zero-order valence-corrected chi connectivity index (χ0v) is 24.7. The van der Waals surface area contributed by atoms with Crippen molar-refractivity contribution in [3.63, 3.8) is 0 Å². The molecule has 230 valence electrons. The van der Waals surface area contributed by atoms with E-state index in [0.717, 1.165) is 38.5 Å². The van der Waals surface area contributed by atoms with E-state index in [0.29, 0.717) is 38.9 Å². The molecule has 42 heavy (non-hydrogen) atoms. The predicted molar refractivity (Wildman–Crippen MR) is 154 cm³/mol. The fourth-order valence-corrected chi connectivity index (χ4v) is 5.68. The zero-order valence-electron chi connectivity index (χ0n) is 24.7. The molecule has 3 fully saturated rings. The van der Waals surface area contributed by atoms with E-state index in [2.05, 4.69) is 24.8 Å². The van der Waals surface area contributed by atoms with Gasteiger partial charge in [-0.1, -0.05) is 37.3 Å². The minimum Gasteiger partial charge on any atom is -0.476 e. The number of ether oxygens (including phenoxy) is 6. The summed E-state index contributed by atoms with van der Waals surface area (Å²) in [6.07, 6.45) is 13.0. The number of hydrogen-bond donors (Lipinski definition) is 1. The summed E-state index contributed by atoms with van der Waals surface area (Å²) >= 11 is 0. The van der Waals surface area contributed by atoms with Crippen LogP contribution in [-0.4, -0.2) is 61.3 Å². The molecule has 2 aliphatic heterocycles. The molecule has 0 radical (unpaired) electrons. The molecule has 2 heterocycles.